The topological polar surface area (TPSA) is 95.7 Å². The Bertz CT molecular complexity index is 1130. The van der Waals surface area contributed by atoms with E-state index < -0.39 is 11.7 Å². The van der Waals surface area contributed by atoms with Crippen LogP contribution in [-0.4, -0.2) is 40.9 Å². The normalized spacial score (nSPS) is 14.7. The fraction of sp³-hybridized carbons (Fsp3) is 0.480. The summed E-state index contributed by atoms with van der Waals surface area (Å²) in [6.07, 6.45) is 3.65. The summed E-state index contributed by atoms with van der Waals surface area (Å²) in [4.78, 5) is 20.9. The first-order valence-corrected chi connectivity index (χ1v) is 11.3. The van der Waals surface area contributed by atoms with Crippen molar-refractivity contribution in [2.45, 2.75) is 59.1 Å². The van der Waals surface area contributed by atoms with Gasteiger partial charge in [-0.1, -0.05) is 0 Å². The molecule has 33 heavy (non-hydrogen) atoms. The van der Waals surface area contributed by atoms with E-state index in [9.17, 15) is 4.79 Å². The lowest BCUT2D eigenvalue weighted by molar-refractivity contribution is 0.0494. The number of ether oxygens (including phenoxy) is 3. The lowest BCUT2D eigenvalue weighted by Gasteiger charge is -2.22. The molecule has 2 aromatic heterocycles. The molecule has 0 radical (unpaired) electrons. The van der Waals surface area contributed by atoms with Crippen LogP contribution < -0.4 is 14.8 Å². The Morgan fingerprint density at radius 1 is 1.21 bits per heavy atom. The van der Waals surface area contributed by atoms with E-state index in [1.165, 1.54) is 12.8 Å². The Morgan fingerprint density at radius 2 is 2.00 bits per heavy atom. The average molecular weight is 454 g/mol. The quantitative estimate of drug-likeness (QED) is 0.496. The van der Waals surface area contributed by atoms with Gasteiger partial charge in [-0.15, -0.1) is 0 Å². The number of carbonyl (C=O) groups excluding carboxylic acids is 1. The summed E-state index contributed by atoms with van der Waals surface area (Å²) in [5.41, 5.74) is 2.40. The van der Waals surface area contributed by atoms with E-state index in [2.05, 4.69) is 15.3 Å². The van der Waals surface area contributed by atoms with Crippen molar-refractivity contribution >= 4 is 17.2 Å². The highest BCUT2D eigenvalue weighted by Gasteiger charge is 2.22. The van der Waals surface area contributed by atoms with E-state index in [1.54, 1.807) is 6.20 Å². The second-order valence-corrected chi connectivity index (χ2v) is 9.60. The predicted octanol–water partition coefficient (Wildman–Crippen LogP) is 5.28. The lowest BCUT2D eigenvalue weighted by Crippen LogP contribution is -2.40. The number of aromatic nitrogens is 2. The first-order valence-electron chi connectivity index (χ1n) is 11.3. The Morgan fingerprint density at radius 3 is 2.70 bits per heavy atom. The number of amides is 1. The van der Waals surface area contributed by atoms with Gasteiger partial charge in [0, 0.05) is 6.07 Å². The number of fused-ring (bicyclic) bond motifs is 1. The number of carbonyl (C=O) groups is 1. The fourth-order valence-corrected chi connectivity index (χ4v) is 3.22. The van der Waals surface area contributed by atoms with E-state index in [1.807, 2.05) is 58.9 Å². The molecule has 176 valence electrons. The van der Waals surface area contributed by atoms with Crippen molar-refractivity contribution in [1.29, 1.82) is 0 Å². The standard InChI is InChI=1S/C25H31N3O5/c1-15-10-19(30-13-16(2)27-24(29)33-25(3,4)5)12-26-22(15)23-28-20-9-8-18(11-21(20)32-23)31-14-17-6-7-17/h8-12,16-17H,6-7,13-14H2,1-5H3,(H,27,29)/t16-/m0/s1. The molecule has 0 aliphatic heterocycles. The Kier molecular flexibility index (Phi) is 6.44. The third-order valence-corrected chi connectivity index (χ3v) is 5.06. The van der Waals surface area contributed by atoms with Crippen LogP contribution in [0.5, 0.6) is 11.5 Å². The number of pyridine rings is 1. The van der Waals surface area contributed by atoms with Crippen LogP contribution in [0.25, 0.3) is 22.7 Å². The van der Waals surface area contributed by atoms with E-state index in [4.69, 9.17) is 18.6 Å². The molecule has 8 heteroatoms. The molecule has 8 nitrogen and oxygen atoms in total. The third kappa shape index (κ3) is 6.37. The molecule has 1 aliphatic carbocycles. The van der Waals surface area contributed by atoms with Gasteiger partial charge in [0.2, 0.25) is 5.89 Å². The van der Waals surface area contributed by atoms with Crippen molar-refractivity contribution in [1.82, 2.24) is 15.3 Å². The Balaban J connectivity index is 1.37. The van der Waals surface area contributed by atoms with Gasteiger partial charge < -0.3 is 23.9 Å². The van der Waals surface area contributed by atoms with Gasteiger partial charge >= 0.3 is 6.09 Å². The molecule has 0 unspecified atom stereocenters. The monoisotopic (exact) mass is 453 g/mol. The van der Waals surface area contributed by atoms with E-state index in [-0.39, 0.29) is 12.6 Å². The molecular formula is C25H31N3O5. The molecule has 1 saturated carbocycles. The van der Waals surface area contributed by atoms with Gasteiger partial charge in [0.05, 0.1) is 18.8 Å². The number of rotatable bonds is 8. The van der Waals surface area contributed by atoms with Crippen LogP contribution in [0.2, 0.25) is 0 Å². The van der Waals surface area contributed by atoms with Crippen molar-refractivity contribution < 1.29 is 23.4 Å². The van der Waals surface area contributed by atoms with Crippen LogP contribution in [0.3, 0.4) is 0 Å². The first kappa shape index (κ1) is 22.9. The lowest BCUT2D eigenvalue weighted by atomic mass is 10.2. The number of hydrogen-bond acceptors (Lipinski definition) is 7. The van der Waals surface area contributed by atoms with Crippen molar-refractivity contribution in [3.63, 3.8) is 0 Å². The van der Waals surface area contributed by atoms with Crippen LogP contribution in [0.4, 0.5) is 4.79 Å². The molecule has 0 saturated heterocycles. The summed E-state index contributed by atoms with van der Waals surface area (Å²) in [6, 6.07) is 7.34. The average Bonchev–Trinajstić information content (AvgIpc) is 3.46. The molecule has 1 amide bonds. The summed E-state index contributed by atoms with van der Waals surface area (Å²) in [5.74, 6) is 2.53. The van der Waals surface area contributed by atoms with Crippen molar-refractivity contribution in [2.75, 3.05) is 13.2 Å². The smallest absolute Gasteiger partial charge is 0.407 e. The van der Waals surface area contributed by atoms with Crippen molar-refractivity contribution in [3.05, 3.63) is 36.0 Å². The predicted molar refractivity (Wildman–Crippen MR) is 125 cm³/mol. The molecule has 4 rings (SSSR count). The van der Waals surface area contributed by atoms with Crippen LogP contribution in [0.15, 0.2) is 34.9 Å². The minimum atomic E-state index is -0.544. The molecule has 1 fully saturated rings. The van der Waals surface area contributed by atoms with E-state index >= 15 is 0 Å². The summed E-state index contributed by atoms with van der Waals surface area (Å²) >= 11 is 0. The molecule has 1 N–H and O–H groups in total. The zero-order valence-corrected chi connectivity index (χ0v) is 19.8. The maximum atomic E-state index is 11.9. The van der Waals surface area contributed by atoms with Gasteiger partial charge in [0.25, 0.3) is 0 Å². The van der Waals surface area contributed by atoms with E-state index in [0.717, 1.165) is 23.4 Å². The highest BCUT2D eigenvalue weighted by atomic mass is 16.6. The Labute approximate surface area is 193 Å². The number of aryl methyl sites for hydroxylation is 1. The van der Waals surface area contributed by atoms with Crippen LogP contribution in [0.1, 0.15) is 46.1 Å². The largest absolute Gasteiger partial charge is 0.493 e. The van der Waals surface area contributed by atoms with E-state index in [0.29, 0.717) is 28.8 Å². The van der Waals surface area contributed by atoms with Gasteiger partial charge in [-0.25, -0.2) is 14.8 Å². The van der Waals surface area contributed by atoms with Gasteiger partial charge in [-0.3, -0.25) is 0 Å². The van der Waals surface area contributed by atoms with Crippen molar-refractivity contribution in [2.24, 2.45) is 5.92 Å². The van der Waals surface area contributed by atoms with Crippen LogP contribution in [-0.2, 0) is 4.74 Å². The third-order valence-electron chi connectivity index (χ3n) is 5.06. The van der Waals surface area contributed by atoms with Crippen molar-refractivity contribution in [3.8, 4) is 23.1 Å². The minimum absolute atomic E-state index is 0.229. The molecule has 0 spiro atoms. The van der Waals surface area contributed by atoms with Crippen LogP contribution >= 0.6 is 0 Å². The Hall–Kier alpha value is -3.29. The summed E-state index contributed by atoms with van der Waals surface area (Å²) in [6.45, 7) is 10.3. The highest BCUT2D eigenvalue weighted by molar-refractivity contribution is 5.77. The number of alkyl carbamates (subject to hydrolysis) is 1. The zero-order valence-electron chi connectivity index (χ0n) is 19.8. The molecule has 0 bridgehead atoms. The molecule has 1 aromatic carbocycles. The second kappa shape index (κ2) is 9.29. The number of oxazole rings is 1. The SMILES string of the molecule is Cc1cc(OC[C@H](C)NC(=O)OC(C)(C)C)cnc1-c1nc2ccc(OCC3CC3)cc2o1. The second-order valence-electron chi connectivity index (χ2n) is 9.60. The maximum absolute atomic E-state index is 11.9. The number of hydrogen-bond donors (Lipinski definition) is 1. The molecule has 1 aliphatic rings. The summed E-state index contributed by atoms with van der Waals surface area (Å²) < 4.78 is 22.9. The highest BCUT2D eigenvalue weighted by Crippen LogP contribution is 2.32. The molecule has 1 atom stereocenters. The first-order chi connectivity index (χ1) is 15.7. The summed E-state index contributed by atoms with van der Waals surface area (Å²) in [5, 5.41) is 2.75. The maximum Gasteiger partial charge on any atom is 0.407 e. The molecule has 2 heterocycles. The van der Waals surface area contributed by atoms with Gasteiger partial charge in [-0.2, -0.15) is 0 Å². The van der Waals surface area contributed by atoms with Crippen LogP contribution in [0, 0.1) is 12.8 Å². The van der Waals surface area contributed by atoms with Gasteiger partial charge in [0.15, 0.2) is 5.58 Å². The minimum Gasteiger partial charge on any atom is -0.493 e. The molecule has 3 aromatic rings. The number of nitrogens with one attached hydrogen (secondary N) is 1. The molecular weight excluding hydrogens is 422 g/mol. The van der Waals surface area contributed by atoms with Gasteiger partial charge in [0.1, 0.15) is 34.9 Å². The summed E-state index contributed by atoms with van der Waals surface area (Å²) in [7, 11) is 0. The fourth-order valence-electron chi connectivity index (χ4n) is 3.22. The number of benzene rings is 1. The number of nitrogens with zero attached hydrogens (tertiary/aromatic N) is 2. The van der Waals surface area contributed by atoms with Gasteiger partial charge in [-0.05, 0) is 77.1 Å². The zero-order chi connectivity index (χ0) is 23.6.